The van der Waals surface area contributed by atoms with E-state index in [1.54, 1.807) is 47.3 Å². The number of carbonyl (C=O) groups excluding carboxylic acids is 2. The molecule has 0 fully saturated rings. The van der Waals surface area contributed by atoms with E-state index >= 15 is 0 Å². The third-order valence-electron chi connectivity index (χ3n) is 5.12. The molecule has 0 aliphatic rings. The van der Waals surface area contributed by atoms with Crippen molar-refractivity contribution in [1.29, 1.82) is 0 Å². The van der Waals surface area contributed by atoms with Gasteiger partial charge in [0, 0.05) is 24.2 Å². The Morgan fingerprint density at radius 1 is 1.19 bits per heavy atom. The Balaban J connectivity index is 1.44. The number of aryl methyl sites for hydroxylation is 1. The molecule has 0 saturated carbocycles. The molecule has 1 aromatic carbocycles. The van der Waals surface area contributed by atoms with Gasteiger partial charge in [0.15, 0.2) is 0 Å². The van der Waals surface area contributed by atoms with Gasteiger partial charge in [-0.2, -0.15) is 0 Å². The predicted molar refractivity (Wildman–Crippen MR) is 132 cm³/mol. The number of hydrogen-bond donors (Lipinski definition) is 2. The molecule has 3 aromatic heterocycles. The minimum absolute atomic E-state index is 0.230. The summed E-state index contributed by atoms with van der Waals surface area (Å²) in [5, 5.41) is 17.4. The van der Waals surface area contributed by atoms with Crippen molar-refractivity contribution in [2.45, 2.75) is 13.0 Å². The van der Waals surface area contributed by atoms with Gasteiger partial charge in [-0.15, -0.1) is 5.10 Å². The average molecular weight is 486 g/mol. The number of methoxy groups -OCH3 is 1. The molecule has 0 aliphatic carbocycles. The number of amides is 2. The highest BCUT2D eigenvalue weighted by molar-refractivity contribution is 6.04. The summed E-state index contributed by atoms with van der Waals surface area (Å²) in [6, 6.07) is 10.4. The molecule has 2 N–H and O–H groups in total. The van der Waals surface area contributed by atoms with Crippen LogP contribution in [0.3, 0.4) is 0 Å². The van der Waals surface area contributed by atoms with Crippen molar-refractivity contribution in [1.82, 2.24) is 30.5 Å². The second-order valence-corrected chi connectivity index (χ2v) is 7.60. The quantitative estimate of drug-likeness (QED) is 0.326. The van der Waals surface area contributed by atoms with Gasteiger partial charge in [0.25, 0.3) is 5.91 Å². The fraction of sp³-hybridized carbons (Fsp3) is 0.120. The molecule has 0 bridgehead atoms. The summed E-state index contributed by atoms with van der Waals surface area (Å²) in [6.45, 7) is 7.71. The maximum atomic E-state index is 12.8. The summed E-state index contributed by atoms with van der Waals surface area (Å²) >= 11 is 0. The van der Waals surface area contributed by atoms with Crippen molar-refractivity contribution in [3.8, 4) is 28.3 Å². The average Bonchev–Trinajstić information content (AvgIpc) is 3.60. The number of rotatable bonds is 10. The second kappa shape index (κ2) is 10.9. The lowest BCUT2D eigenvalue weighted by molar-refractivity contribution is -0.115. The molecule has 182 valence electrons. The maximum absolute atomic E-state index is 12.8. The monoisotopic (exact) mass is 485 g/mol. The first-order valence-electron chi connectivity index (χ1n) is 10.8. The Kier molecular flexibility index (Phi) is 7.30. The number of anilines is 1. The smallest absolute Gasteiger partial charge is 0.274 e. The van der Waals surface area contributed by atoms with Crippen LogP contribution in [0.15, 0.2) is 84.5 Å². The summed E-state index contributed by atoms with van der Waals surface area (Å²) in [4.78, 5) is 28.6. The van der Waals surface area contributed by atoms with E-state index in [4.69, 9.17) is 9.26 Å². The van der Waals surface area contributed by atoms with Crippen LogP contribution in [0.25, 0.3) is 22.5 Å². The summed E-state index contributed by atoms with van der Waals surface area (Å²) < 4.78 is 12.0. The first-order valence-corrected chi connectivity index (χ1v) is 10.8. The molecule has 11 heteroatoms. The third-order valence-corrected chi connectivity index (χ3v) is 5.12. The van der Waals surface area contributed by atoms with Gasteiger partial charge in [-0.25, -0.2) is 4.98 Å². The van der Waals surface area contributed by atoms with Crippen molar-refractivity contribution in [3.63, 3.8) is 0 Å². The van der Waals surface area contributed by atoms with Crippen LogP contribution < -0.4 is 15.4 Å². The van der Waals surface area contributed by atoms with E-state index in [-0.39, 0.29) is 11.6 Å². The van der Waals surface area contributed by atoms with Crippen molar-refractivity contribution in [2.75, 3.05) is 12.4 Å². The molecule has 0 aliphatic heterocycles. The Labute approximate surface area is 206 Å². The van der Waals surface area contributed by atoms with Gasteiger partial charge in [0.05, 0.1) is 36.4 Å². The molecule has 4 aromatic rings. The molecule has 0 radical (unpaired) electrons. The van der Waals surface area contributed by atoms with Gasteiger partial charge in [-0.3, -0.25) is 14.3 Å². The topological polar surface area (TPSA) is 137 Å². The largest absolute Gasteiger partial charge is 0.495 e. The Morgan fingerprint density at radius 3 is 2.81 bits per heavy atom. The number of nitrogens with one attached hydrogen (secondary N) is 2. The summed E-state index contributed by atoms with van der Waals surface area (Å²) in [7, 11) is 1.51. The van der Waals surface area contributed by atoms with E-state index in [0.29, 0.717) is 47.1 Å². The first-order chi connectivity index (χ1) is 17.5. The molecule has 11 nitrogen and oxygen atoms in total. The van der Waals surface area contributed by atoms with Crippen LogP contribution in [0, 0.1) is 0 Å². The zero-order chi connectivity index (χ0) is 25.5. The Morgan fingerprint density at radius 2 is 2.06 bits per heavy atom. The van der Waals surface area contributed by atoms with Crippen molar-refractivity contribution >= 4 is 17.5 Å². The number of hydrogen-bond acceptors (Lipinski definition) is 8. The molecule has 0 atom stereocenters. The van der Waals surface area contributed by atoms with Crippen LogP contribution in [-0.4, -0.2) is 44.1 Å². The summed E-state index contributed by atoms with van der Waals surface area (Å²) in [6.07, 6.45) is 6.43. The van der Waals surface area contributed by atoms with Crippen LogP contribution in [0.1, 0.15) is 16.9 Å². The van der Waals surface area contributed by atoms with Gasteiger partial charge in [0.2, 0.25) is 5.91 Å². The summed E-state index contributed by atoms with van der Waals surface area (Å²) in [5.74, 6) is -0.252. The molecular formula is C25H23N7O4. The van der Waals surface area contributed by atoms with Crippen LogP contribution in [0.2, 0.25) is 0 Å². The third kappa shape index (κ3) is 5.70. The van der Waals surface area contributed by atoms with Crippen molar-refractivity contribution in [3.05, 3.63) is 85.7 Å². The molecule has 0 spiro atoms. The van der Waals surface area contributed by atoms with E-state index in [9.17, 15) is 9.59 Å². The van der Waals surface area contributed by atoms with Crippen molar-refractivity contribution in [2.24, 2.45) is 0 Å². The minimum Gasteiger partial charge on any atom is -0.495 e. The zero-order valence-electron chi connectivity index (χ0n) is 19.5. The van der Waals surface area contributed by atoms with Crippen molar-refractivity contribution < 1.29 is 18.8 Å². The zero-order valence-corrected chi connectivity index (χ0v) is 19.5. The Hall–Kier alpha value is -5.06. The van der Waals surface area contributed by atoms with E-state index in [1.165, 1.54) is 25.6 Å². The van der Waals surface area contributed by atoms with Crippen LogP contribution >= 0.6 is 0 Å². The lowest BCUT2D eigenvalue weighted by Crippen LogP contribution is -2.20. The second-order valence-electron chi connectivity index (χ2n) is 7.60. The van der Waals surface area contributed by atoms with Gasteiger partial charge in [-0.05, 0) is 30.3 Å². The molecule has 4 rings (SSSR count). The lowest BCUT2D eigenvalue weighted by atomic mass is 10.1. The number of pyridine rings is 1. The standard InChI is InChI=1S/C25H23N7O4/c1-4-24(33)27-16(2)10-11-32-14-22(30-31-32)17-8-9-20(23(12-17)35-3)29-25(34)21-7-5-6-19(28-21)18-13-26-36-15-18/h4-9,12-15H,1-2,10-11H2,3H3,(H,27,33)(H,29,34). The Bertz CT molecular complexity index is 1410. The fourth-order valence-electron chi connectivity index (χ4n) is 3.27. The fourth-order valence-corrected chi connectivity index (χ4v) is 3.27. The van der Waals surface area contributed by atoms with E-state index < -0.39 is 5.91 Å². The minimum atomic E-state index is -0.394. The van der Waals surface area contributed by atoms with Crippen LogP contribution in [-0.2, 0) is 11.3 Å². The van der Waals surface area contributed by atoms with E-state index in [2.05, 4.69) is 44.2 Å². The molecule has 36 heavy (non-hydrogen) atoms. The first kappa shape index (κ1) is 24.1. The number of allylic oxidation sites excluding steroid dienone is 1. The molecular weight excluding hydrogens is 462 g/mol. The maximum Gasteiger partial charge on any atom is 0.274 e. The number of aromatic nitrogens is 5. The summed E-state index contributed by atoms with van der Waals surface area (Å²) in [5.41, 5.74) is 3.88. The number of benzene rings is 1. The lowest BCUT2D eigenvalue weighted by Gasteiger charge is -2.11. The normalized spacial score (nSPS) is 10.5. The van der Waals surface area contributed by atoms with Gasteiger partial charge in [-0.1, -0.05) is 35.7 Å². The van der Waals surface area contributed by atoms with Crippen LogP contribution in [0.4, 0.5) is 5.69 Å². The molecule has 2 amide bonds. The van der Waals surface area contributed by atoms with E-state index in [1.807, 2.05) is 0 Å². The predicted octanol–water partition coefficient (Wildman–Crippen LogP) is 3.46. The number of nitrogens with zero attached hydrogens (tertiary/aromatic N) is 5. The van der Waals surface area contributed by atoms with Gasteiger partial charge < -0.3 is 19.9 Å². The SMILES string of the molecule is C=CC(=O)NC(=C)CCn1cc(-c2ccc(NC(=O)c3cccc(-c4cnoc4)n3)c(OC)c2)nn1. The van der Waals surface area contributed by atoms with E-state index in [0.717, 1.165) is 5.56 Å². The number of carbonyl (C=O) groups is 2. The van der Waals surface area contributed by atoms with Gasteiger partial charge >= 0.3 is 0 Å². The molecule has 0 unspecified atom stereocenters. The highest BCUT2D eigenvalue weighted by Gasteiger charge is 2.15. The highest BCUT2D eigenvalue weighted by Crippen LogP contribution is 2.30. The van der Waals surface area contributed by atoms with Gasteiger partial charge in [0.1, 0.15) is 23.4 Å². The number of ether oxygens (including phenoxy) is 1. The molecule has 0 saturated heterocycles. The highest BCUT2D eigenvalue weighted by atomic mass is 16.5. The van der Waals surface area contributed by atoms with Crippen LogP contribution in [0.5, 0.6) is 5.75 Å². The molecule has 3 heterocycles.